The Labute approximate surface area is 196 Å². The minimum absolute atomic E-state index is 0.126. The van der Waals surface area contributed by atoms with Gasteiger partial charge in [0.05, 0.1) is 14.2 Å². The van der Waals surface area contributed by atoms with E-state index in [0.717, 1.165) is 25.7 Å². The Hall–Kier alpha value is -4.22. The van der Waals surface area contributed by atoms with E-state index in [-0.39, 0.29) is 22.8 Å². The molecule has 2 aromatic heterocycles. The maximum Gasteiger partial charge on any atom is 0.341 e. The number of unbranched alkanes of at least 4 members (excludes halogenated alkanes) is 3. The van der Waals surface area contributed by atoms with Crippen LogP contribution in [0.3, 0.4) is 0 Å². The van der Waals surface area contributed by atoms with Crippen LogP contribution in [0, 0.1) is 0 Å². The molecule has 4 N–H and O–H groups in total. The minimum Gasteiger partial charge on any atom is -0.465 e. The maximum absolute atomic E-state index is 12.0. The molecule has 0 atom stereocenters. The Balaban J connectivity index is 1.59. The van der Waals surface area contributed by atoms with Gasteiger partial charge in [0.25, 0.3) is 0 Å². The largest absolute Gasteiger partial charge is 0.465 e. The molecule has 0 saturated heterocycles. The molecule has 0 aliphatic heterocycles. The molecule has 0 bridgehead atoms. The second-order valence-corrected chi connectivity index (χ2v) is 6.96. The van der Waals surface area contributed by atoms with Crippen molar-refractivity contribution in [1.82, 2.24) is 20.6 Å². The predicted molar refractivity (Wildman–Crippen MR) is 124 cm³/mol. The van der Waals surface area contributed by atoms with E-state index in [1.165, 1.54) is 38.7 Å². The zero-order valence-electron chi connectivity index (χ0n) is 19.1. The summed E-state index contributed by atoms with van der Waals surface area (Å²) in [5, 5.41) is 10.5. The second kappa shape index (κ2) is 14.0. The third kappa shape index (κ3) is 8.37. The highest BCUT2D eigenvalue weighted by Gasteiger charge is 2.15. The summed E-state index contributed by atoms with van der Waals surface area (Å²) in [6, 6.07) is 5.23. The number of methoxy groups -OCH3 is 2. The number of amides is 4. The maximum atomic E-state index is 12.0. The Morgan fingerprint density at radius 2 is 1.12 bits per heavy atom. The molecule has 0 unspecified atom stereocenters. The van der Waals surface area contributed by atoms with E-state index in [0.29, 0.717) is 13.1 Å². The molecule has 34 heavy (non-hydrogen) atoms. The van der Waals surface area contributed by atoms with Crippen LogP contribution in [0.5, 0.6) is 0 Å². The lowest BCUT2D eigenvalue weighted by molar-refractivity contribution is 0.0592. The fraction of sp³-hybridized carbons (Fsp3) is 0.364. The smallest absolute Gasteiger partial charge is 0.341 e. The van der Waals surface area contributed by atoms with E-state index < -0.39 is 24.0 Å². The van der Waals surface area contributed by atoms with Crippen LogP contribution in [0.4, 0.5) is 21.2 Å². The van der Waals surface area contributed by atoms with E-state index in [4.69, 9.17) is 0 Å². The van der Waals surface area contributed by atoms with Crippen molar-refractivity contribution in [3.05, 3.63) is 47.8 Å². The van der Waals surface area contributed by atoms with Gasteiger partial charge in [-0.1, -0.05) is 12.8 Å². The lowest BCUT2D eigenvalue weighted by atomic mass is 10.2. The lowest BCUT2D eigenvalue weighted by Gasteiger charge is -2.10. The average molecular weight is 473 g/mol. The Morgan fingerprint density at radius 1 is 0.706 bits per heavy atom. The number of carbonyl (C=O) groups excluding carboxylic acids is 4. The quantitative estimate of drug-likeness (QED) is 0.287. The first kappa shape index (κ1) is 26.0. The van der Waals surface area contributed by atoms with Crippen molar-refractivity contribution in [3.63, 3.8) is 0 Å². The predicted octanol–water partition coefficient (Wildman–Crippen LogP) is 2.55. The monoisotopic (exact) mass is 472 g/mol. The molecule has 0 saturated carbocycles. The van der Waals surface area contributed by atoms with Gasteiger partial charge in [0, 0.05) is 25.5 Å². The van der Waals surface area contributed by atoms with Crippen molar-refractivity contribution in [3.8, 4) is 0 Å². The number of hydrogen-bond acceptors (Lipinski definition) is 8. The third-order valence-corrected chi connectivity index (χ3v) is 4.56. The van der Waals surface area contributed by atoms with E-state index >= 15 is 0 Å². The van der Waals surface area contributed by atoms with Gasteiger partial charge in [-0.05, 0) is 37.1 Å². The number of nitrogens with zero attached hydrogens (tertiary/aromatic N) is 2. The number of nitrogens with one attached hydrogen (secondary N) is 4. The van der Waals surface area contributed by atoms with Crippen LogP contribution >= 0.6 is 0 Å². The van der Waals surface area contributed by atoms with Crippen LogP contribution in [0.25, 0.3) is 0 Å². The number of hydrogen-bond donors (Lipinski definition) is 4. The summed E-state index contributed by atoms with van der Waals surface area (Å²) in [5.74, 6) is -0.925. The normalized spacial score (nSPS) is 10.1. The van der Waals surface area contributed by atoms with Crippen LogP contribution in [-0.2, 0) is 9.47 Å². The first-order valence-corrected chi connectivity index (χ1v) is 10.6. The van der Waals surface area contributed by atoms with Gasteiger partial charge in [-0.25, -0.2) is 29.1 Å². The van der Waals surface area contributed by atoms with E-state index in [1.807, 2.05) is 0 Å². The number of esters is 2. The highest BCUT2D eigenvalue weighted by molar-refractivity contribution is 6.00. The molecule has 0 aromatic carbocycles. The zero-order valence-corrected chi connectivity index (χ0v) is 19.1. The van der Waals surface area contributed by atoms with Crippen molar-refractivity contribution < 1.29 is 28.7 Å². The number of urea groups is 2. The van der Waals surface area contributed by atoms with Crippen molar-refractivity contribution in [1.29, 1.82) is 0 Å². The summed E-state index contributed by atoms with van der Waals surface area (Å²) in [6.45, 7) is 0.881. The summed E-state index contributed by atoms with van der Waals surface area (Å²) in [7, 11) is 2.51. The fourth-order valence-electron chi connectivity index (χ4n) is 2.87. The molecular weight excluding hydrogens is 444 g/mol. The number of anilines is 2. The summed E-state index contributed by atoms with van der Waals surface area (Å²) in [5.41, 5.74) is 0.336. The number of rotatable bonds is 11. The highest BCUT2D eigenvalue weighted by atomic mass is 16.5. The number of carbonyl (C=O) groups is 4. The SMILES string of the molecule is COC(=O)c1cccnc1NC(=O)NCCCCCCNC(=O)Nc1ncccc1C(=O)OC. The van der Waals surface area contributed by atoms with Crippen LogP contribution < -0.4 is 21.3 Å². The second-order valence-electron chi connectivity index (χ2n) is 6.96. The molecule has 182 valence electrons. The zero-order chi connectivity index (χ0) is 24.8. The molecule has 2 rings (SSSR count). The average Bonchev–Trinajstić information content (AvgIpc) is 2.85. The fourth-order valence-corrected chi connectivity index (χ4v) is 2.87. The van der Waals surface area contributed by atoms with Gasteiger partial charge in [0.2, 0.25) is 0 Å². The Morgan fingerprint density at radius 3 is 1.50 bits per heavy atom. The Kier molecular flexibility index (Phi) is 10.7. The van der Waals surface area contributed by atoms with Gasteiger partial charge in [-0.2, -0.15) is 0 Å². The molecule has 0 aliphatic rings. The van der Waals surface area contributed by atoms with Crippen LogP contribution in [0.15, 0.2) is 36.7 Å². The summed E-state index contributed by atoms with van der Waals surface area (Å²) < 4.78 is 9.33. The van der Waals surface area contributed by atoms with Gasteiger partial charge in [-0.15, -0.1) is 0 Å². The number of pyridine rings is 2. The molecule has 4 amide bonds. The molecule has 2 aromatic rings. The molecule has 12 heteroatoms. The van der Waals surface area contributed by atoms with Crippen molar-refractivity contribution in [2.24, 2.45) is 0 Å². The van der Waals surface area contributed by atoms with Gasteiger partial charge in [0.1, 0.15) is 22.8 Å². The summed E-state index contributed by atoms with van der Waals surface area (Å²) in [4.78, 5) is 55.4. The highest BCUT2D eigenvalue weighted by Crippen LogP contribution is 2.13. The first-order valence-electron chi connectivity index (χ1n) is 10.6. The molecule has 2 heterocycles. The van der Waals surface area contributed by atoms with Gasteiger partial charge < -0.3 is 20.1 Å². The molecule has 12 nitrogen and oxygen atoms in total. The van der Waals surface area contributed by atoms with Crippen molar-refractivity contribution >= 4 is 35.6 Å². The Bertz CT molecular complexity index is 920. The molecular formula is C22H28N6O6. The third-order valence-electron chi connectivity index (χ3n) is 4.56. The topological polar surface area (TPSA) is 161 Å². The molecule has 0 fully saturated rings. The van der Waals surface area contributed by atoms with Crippen LogP contribution in [0.1, 0.15) is 46.4 Å². The van der Waals surface area contributed by atoms with E-state index in [2.05, 4.69) is 40.7 Å². The first-order chi connectivity index (χ1) is 16.5. The van der Waals surface area contributed by atoms with Crippen molar-refractivity contribution in [2.75, 3.05) is 37.9 Å². The van der Waals surface area contributed by atoms with E-state index in [9.17, 15) is 19.2 Å². The van der Waals surface area contributed by atoms with E-state index in [1.54, 1.807) is 12.1 Å². The van der Waals surface area contributed by atoms with Gasteiger partial charge in [0.15, 0.2) is 0 Å². The lowest BCUT2D eigenvalue weighted by Crippen LogP contribution is -2.31. The molecule has 0 aliphatic carbocycles. The van der Waals surface area contributed by atoms with Gasteiger partial charge >= 0.3 is 24.0 Å². The molecule has 0 radical (unpaired) electrons. The van der Waals surface area contributed by atoms with Gasteiger partial charge in [-0.3, -0.25) is 10.6 Å². The van der Waals surface area contributed by atoms with Crippen molar-refractivity contribution in [2.45, 2.75) is 25.7 Å². The van der Waals surface area contributed by atoms with Crippen LogP contribution in [0.2, 0.25) is 0 Å². The molecule has 0 spiro atoms. The summed E-state index contributed by atoms with van der Waals surface area (Å²) >= 11 is 0. The summed E-state index contributed by atoms with van der Waals surface area (Å²) in [6.07, 6.45) is 6.08. The number of ether oxygens (including phenoxy) is 2. The number of aromatic nitrogens is 2. The standard InChI is InChI=1S/C22H28N6O6/c1-33-19(29)15-9-7-13-23-17(15)27-21(31)25-11-5-3-4-6-12-26-22(32)28-18-16(20(30)34-2)10-8-14-24-18/h7-10,13-14H,3-6,11-12H2,1-2H3,(H2,23,25,27,31)(H2,24,26,28,32). The van der Waals surface area contributed by atoms with Crippen LogP contribution in [-0.4, -0.2) is 61.3 Å². The minimum atomic E-state index is -0.588.